The molecule has 0 saturated carbocycles. The van der Waals surface area contributed by atoms with Crippen LogP contribution in [-0.4, -0.2) is 98.1 Å². The van der Waals surface area contributed by atoms with Gasteiger partial charge in [-0.3, -0.25) is 4.79 Å². The van der Waals surface area contributed by atoms with E-state index in [9.17, 15) is 13.2 Å². The van der Waals surface area contributed by atoms with Gasteiger partial charge in [0.2, 0.25) is 15.9 Å². The summed E-state index contributed by atoms with van der Waals surface area (Å²) in [6, 6.07) is 21.0. The third-order valence-electron chi connectivity index (χ3n) is 10.4. The number of carbonyl (C=O) groups is 1. The number of carbonyl (C=O) groups excluding carboxylic acids is 1. The van der Waals surface area contributed by atoms with Gasteiger partial charge >= 0.3 is 0 Å². The van der Waals surface area contributed by atoms with E-state index in [0.717, 1.165) is 53.2 Å². The molecule has 4 atom stereocenters. The number of aryl methyl sites for hydroxylation is 1. The van der Waals surface area contributed by atoms with Crippen LogP contribution in [0.5, 0.6) is 5.75 Å². The van der Waals surface area contributed by atoms with E-state index in [4.69, 9.17) is 23.7 Å². The minimum Gasteiger partial charge on any atom is -0.490 e. The molecule has 0 bridgehead atoms. The quantitative estimate of drug-likeness (QED) is 0.154. The molecule has 0 aromatic heterocycles. The van der Waals surface area contributed by atoms with E-state index >= 15 is 0 Å². The maximum absolute atomic E-state index is 14.5. The third-order valence-corrected chi connectivity index (χ3v) is 12.3. The Hall–Kier alpha value is -3.52. The molecule has 0 radical (unpaired) electrons. The molecule has 1 N–H and O–H groups in total. The summed E-state index contributed by atoms with van der Waals surface area (Å²) in [5.41, 5.74) is 5.08. The zero-order valence-electron chi connectivity index (χ0n) is 31.9. The molecule has 0 spiro atoms. The van der Waals surface area contributed by atoms with Gasteiger partial charge in [0.25, 0.3) is 0 Å². The van der Waals surface area contributed by atoms with Crippen molar-refractivity contribution < 1.29 is 36.9 Å². The Morgan fingerprint density at radius 2 is 1.70 bits per heavy atom. The highest BCUT2D eigenvalue weighted by atomic mass is 32.2. The summed E-state index contributed by atoms with van der Waals surface area (Å²) in [6.07, 6.45) is 1.95. The molecular weight excluding hydrogens is 695 g/mol. The highest BCUT2D eigenvalue weighted by Gasteiger charge is 2.44. The summed E-state index contributed by atoms with van der Waals surface area (Å²) in [5, 5.41) is 2.79. The predicted octanol–water partition coefficient (Wildman–Crippen LogP) is 5.69. The van der Waals surface area contributed by atoms with Crippen molar-refractivity contribution in [1.82, 2.24) is 9.62 Å². The summed E-state index contributed by atoms with van der Waals surface area (Å²) in [6.45, 7) is 8.82. The lowest BCUT2D eigenvalue weighted by molar-refractivity contribution is -0.125. The van der Waals surface area contributed by atoms with Crippen molar-refractivity contribution in [2.45, 2.75) is 75.7 Å². The zero-order valence-corrected chi connectivity index (χ0v) is 32.7. The average Bonchev–Trinajstić information content (AvgIpc) is 3.18. The number of ether oxygens (including phenoxy) is 5. The second-order valence-electron chi connectivity index (χ2n) is 14.0. The Morgan fingerprint density at radius 3 is 2.40 bits per heavy atom. The molecule has 290 valence electrons. The number of anilines is 1. The number of hydrogen-bond donors (Lipinski definition) is 1. The minimum atomic E-state index is -3.93. The molecule has 1 amide bonds. The van der Waals surface area contributed by atoms with Gasteiger partial charge in [0.15, 0.2) is 0 Å². The molecule has 53 heavy (non-hydrogen) atoms. The number of fused-ring (bicyclic) bond motifs is 1. The first-order chi connectivity index (χ1) is 25.7. The molecule has 5 rings (SSSR count). The number of sulfonamides is 1. The second-order valence-corrected chi connectivity index (χ2v) is 15.8. The van der Waals surface area contributed by atoms with Gasteiger partial charge in [-0.05, 0) is 73.6 Å². The molecule has 1 saturated heterocycles. The van der Waals surface area contributed by atoms with Gasteiger partial charge in [0.1, 0.15) is 12.4 Å². The Kier molecular flexibility index (Phi) is 15.1. The van der Waals surface area contributed by atoms with Crippen LogP contribution in [0, 0.1) is 12.8 Å². The molecular formula is C41H57N3O8S. The highest BCUT2D eigenvalue weighted by Crippen LogP contribution is 2.40. The molecule has 2 heterocycles. The first-order valence-electron chi connectivity index (χ1n) is 18.7. The normalized spacial score (nSPS) is 19.7. The smallest absolute Gasteiger partial charge is 0.243 e. The highest BCUT2D eigenvalue weighted by molar-refractivity contribution is 7.89. The summed E-state index contributed by atoms with van der Waals surface area (Å²) in [7, 11) is 1.07. The van der Waals surface area contributed by atoms with Crippen LogP contribution in [0.4, 0.5) is 5.69 Å². The van der Waals surface area contributed by atoms with Crippen LogP contribution in [0.2, 0.25) is 0 Å². The van der Waals surface area contributed by atoms with Gasteiger partial charge in [-0.2, -0.15) is 4.31 Å². The molecule has 1 fully saturated rings. The van der Waals surface area contributed by atoms with E-state index in [1.54, 1.807) is 37.7 Å². The van der Waals surface area contributed by atoms with Crippen molar-refractivity contribution in [1.29, 1.82) is 0 Å². The van der Waals surface area contributed by atoms with Crippen molar-refractivity contribution in [3.8, 4) is 5.75 Å². The van der Waals surface area contributed by atoms with E-state index in [0.29, 0.717) is 58.9 Å². The van der Waals surface area contributed by atoms with Gasteiger partial charge in [-0.1, -0.05) is 55.0 Å². The van der Waals surface area contributed by atoms with E-state index < -0.39 is 22.2 Å². The van der Waals surface area contributed by atoms with Gasteiger partial charge in [-0.15, -0.1) is 0 Å². The zero-order chi connectivity index (χ0) is 37.8. The number of methoxy groups -OCH3 is 2. The number of piperidine rings is 1. The second kappa shape index (κ2) is 19.7. The van der Waals surface area contributed by atoms with Crippen LogP contribution >= 0.6 is 0 Å². The summed E-state index contributed by atoms with van der Waals surface area (Å²) < 4.78 is 59.5. The number of nitrogens with one attached hydrogen (secondary N) is 1. The summed E-state index contributed by atoms with van der Waals surface area (Å²) in [4.78, 5) is 15.5. The maximum Gasteiger partial charge on any atom is 0.243 e. The van der Waals surface area contributed by atoms with Crippen LogP contribution in [0.1, 0.15) is 60.8 Å². The third kappa shape index (κ3) is 10.6. The average molecular weight is 752 g/mol. The van der Waals surface area contributed by atoms with E-state index in [-0.39, 0.29) is 29.2 Å². The monoisotopic (exact) mass is 751 g/mol. The van der Waals surface area contributed by atoms with Crippen LogP contribution in [0.25, 0.3) is 0 Å². The lowest BCUT2D eigenvalue weighted by Gasteiger charge is -2.44. The summed E-state index contributed by atoms with van der Waals surface area (Å²) in [5.74, 6) is 0.302. The fourth-order valence-electron chi connectivity index (χ4n) is 7.32. The van der Waals surface area contributed by atoms with Crippen LogP contribution in [0.3, 0.4) is 0 Å². The topological polar surface area (TPSA) is 116 Å². The van der Waals surface area contributed by atoms with E-state index in [1.807, 2.05) is 38.1 Å². The molecule has 2 aliphatic rings. The van der Waals surface area contributed by atoms with E-state index in [2.05, 4.69) is 40.5 Å². The van der Waals surface area contributed by atoms with Crippen LogP contribution in [0.15, 0.2) is 71.6 Å². The van der Waals surface area contributed by atoms with Crippen molar-refractivity contribution >= 4 is 21.6 Å². The lowest BCUT2D eigenvalue weighted by Crippen LogP contribution is -2.53. The fraction of sp³-hybridized carbons (Fsp3) is 0.537. The standard InChI is InChI=1S/C41H57N3O8S/c1-6-33(41(45)42-3)25-35-26-37(34-13-10-31(11-14-34)28-50-23-22-49-5)40(27-44(35)53(46,47)36-15-8-30(2)9-16-36)52-29-32-12-17-39-38(24-32)43(19-21-51-39)18-7-20-48-4/h8-17,24,33,35,37,40H,6-7,18-23,25-29H2,1-5H3,(H,42,45)/t33-,35-,37+,40-/m0/s1. The Bertz CT molecular complexity index is 1700. The van der Waals surface area contributed by atoms with Crippen molar-refractivity contribution in [3.05, 3.63) is 89.0 Å². The van der Waals surface area contributed by atoms with Gasteiger partial charge < -0.3 is 33.9 Å². The molecule has 12 heteroatoms. The fourth-order valence-corrected chi connectivity index (χ4v) is 8.98. The minimum absolute atomic E-state index is 0.0828. The van der Waals surface area contributed by atoms with Gasteiger partial charge in [0.05, 0.1) is 49.7 Å². The SMILES string of the molecule is CC[C@@H](C[C@H]1C[C@H](c2ccc(COCCOC)cc2)[C@@H](OCc2ccc3c(c2)N(CCCOC)CCO3)CN1S(=O)(=O)c1ccc(C)cc1)C(=O)NC. The predicted molar refractivity (Wildman–Crippen MR) is 206 cm³/mol. The lowest BCUT2D eigenvalue weighted by atomic mass is 9.80. The van der Waals surface area contributed by atoms with Crippen molar-refractivity contribution in [3.63, 3.8) is 0 Å². The Balaban J connectivity index is 1.46. The first-order valence-corrected chi connectivity index (χ1v) is 20.2. The molecule has 3 aromatic carbocycles. The Morgan fingerprint density at radius 1 is 0.962 bits per heavy atom. The molecule has 0 unspecified atom stereocenters. The summed E-state index contributed by atoms with van der Waals surface area (Å²) >= 11 is 0. The van der Waals surface area contributed by atoms with Gasteiger partial charge in [-0.25, -0.2) is 8.42 Å². The maximum atomic E-state index is 14.5. The van der Waals surface area contributed by atoms with Crippen molar-refractivity contribution in [2.75, 3.05) is 72.2 Å². The van der Waals surface area contributed by atoms with E-state index in [1.165, 1.54) is 0 Å². The largest absolute Gasteiger partial charge is 0.490 e. The number of nitrogens with zero attached hydrogens (tertiary/aromatic N) is 2. The molecule has 2 aliphatic heterocycles. The molecule has 0 aliphatic carbocycles. The Labute approximate surface area is 315 Å². The van der Waals surface area contributed by atoms with Crippen LogP contribution < -0.4 is 15.0 Å². The first kappa shape index (κ1) is 40.7. The number of amides is 1. The number of benzene rings is 3. The number of rotatable bonds is 19. The molecule has 11 nitrogen and oxygen atoms in total. The molecule has 3 aromatic rings. The van der Waals surface area contributed by atoms with Crippen molar-refractivity contribution in [2.24, 2.45) is 5.92 Å². The van der Waals surface area contributed by atoms with Gasteiger partial charge in [0, 0.05) is 58.8 Å². The number of hydrogen-bond acceptors (Lipinski definition) is 9. The van der Waals surface area contributed by atoms with Crippen LogP contribution in [-0.2, 0) is 47.0 Å².